The van der Waals surface area contributed by atoms with Crippen LogP contribution in [0.15, 0.2) is 46.9 Å². The molecule has 4 heteroatoms. The van der Waals surface area contributed by atoms with Crippen molar-refractivity contribution in [2.75, 3.05) is 5.73 Å². The van der Waals surface area contributed by atoms with Crippen molar-refractivity contribution in [2.24, 2.45) is 0 Å². The number of aryl methyl sites for hydroxylation is 1. The molecule has 2 aromatic rings. The Balaban J connectivity index is 2.03. The summed E-state index contributed by atoms with van der Waals surface area (Å²) in [6.45, 7) is 2.41. The van der Waals surface area contributed by atoms with Gasteiger partial charge in [-0.1, -0.05) is 28.1 Å². The van der Waals surface area contributed by atoms with Gasteiger partial charge in [0.1, 0.15) is 0 Å². The van der Waals surface area contributed by atoms with Gasteiger partial charge in [0.05, 0.1) is 0 Å². The second-order valence-electron chi connectivity index (χ2n) is 4.38. The lowest BCUT2D eigenvalue weighted by atomic mass is 10.1. The van der Waals surface area contributed by atoms with Gasteiger partial charge in [0.2, 0.25) is 0 Å². The first kappa shape index (κ1) is 13.6. The van der Waals surface area contributed by atoms with Gasteiger partial charge in [-0.2, -0.15) is 0 Å². The third-order valence-electron chi connectivity index (χ3n) is 2.87. The van der Waals surface area contributed by atoms with Crippen molar-refractivity contribution < 1.29 is 4.79 Å². The molecule has 0 saturated carbocycles. The molecule has 0 aliphatic heterocycles. The average molecular weight is 319 g/mol. The Labute approximate surface area is 121 Å². The summed E-state index contributed by atoms with van der Waals surface area (Å²) >= 11 is 3.38. The number of nitrogen functional groups attached to an aromatic ring is 1. The van der Waals surface area contributed by atoms with Crippen LogP contribution in [0.2, 0.25) is 0 Å². The molecule has 2 rings (SSSR count). The highest BCUT2D eigenvalue weighted by molar-refractivity contribution is 9.10. The van der Waals surface area contributed by atoms with Crippen LogP contribution < -0.4 is 11.1 Å². The van der Waals surface area contributed by atoms with Crippen LogP contribution in [0.25, 0.3) is 0 Å². The molecule has 98 valence electrons. The van der Waals surface area contributed by atoms with Gasteiger partial charge in [0.25, 0.3) is 5.91 Å². The number of amides is 1. The van der Waals surface area contributed by atoms with Crippen molar-refractivity contribution in [3.8, 4) is 0 Å². The number of rotatable bonds is 3. The molecule has 3 N–H and O–H groups in total. The smallest absolute Gasteiger partial charge is 0.251 e. The van der Waals surface area contributed by atoms with Crippen LogP contribution in [0.3, 0.4) is 0 Å². The Bertz CT molecular complexity index is 594. The lowest BCUT2D eigenvalue weighted by molar-refractivity contribution is 0.0950. The van der Waals surface area contributed by atoms with Gasteiger partial charge in [0, 0.05) is 22.3 Å². The van der Waals surface area contributed by atoms with Crippen LogP contribution >= 0.6 is 15.9 Å². The summed E-state index contributed by atoms with van der Waals surface area (Å²) in [7, 11) is 0. The Hall–Kier alpha value is -1.81. The van der Waals surface area contributed by atoms with E-state index < -0.39 is 0 Å². The fraction of sp³-hybridized carbons (Fsp3) is 0.133. The molecule has 0 heterocycles. The molecule has 0 spiro atoms. The molecule has 0 fully saturated rings. The summed E-state index contributed by atoms with van der Waals surface area (Å²) in [5, 5.41) is 2.90. The minimum Gasteiger partial charge on any atom is -0.399 e. The molecular weight excluding hydrogens is 304 g/mol. The zero-order valence-electron chi connectivity index (χ0n) is 10.6. The summed E-state index contributed by atoms with van der Waals surface area (Å²) < 4.78 is 0.972. The highest BCUT2D eigenvalue weighted by Gasteiger charge is 2.08. The largest absolute Gasteiger partial charge is 0.399 e. The molecule has 0 aromatic heterocycles. The minimum atomic E-state index is -0.0678. The first-order chi connectivity index (χ1) is 9.06. The fourth-order valence-corrected chi connectivity index (χ4v) is 2.27. The maximum absolute atomic E-state index is 12.1. The molecular formula is C15H15BrN2O. The normalized spacial score (nSPS) is 10.2. The number of carbonyl (C=O) groups excluding carboxylic acids is 1. The number of nitrogens with two attached hydrogens (primary N) is 1. The predicted octanol–water partition coefficient (Wildman–Crippen LogP) is 3.27. The summed E-state index contributed by atoms with van der Waals surface area (Å²) in [6.07, 6.45) is 0. The molecule has 0 aliphatic rings. The quantitative estimate of drug-likeness (QED) is 0.853. The highest BCUT2D eigenvalue weighted by atomic mass is 79.9. The molecule has 0 radical (unpaired) electrons. The second-order valence-corrected chi connectivity index (χ2v) is 5.30. The number of hydrogen-bond acceptors (Lipinski definition) is 2. The number of nitrogens with one attached hydrogen (secondary N) is 1. The van der Waals surface area contributed by atoms with Gasteiger partial charge < -0.3 is 11.1 Å². The molecule has 19 heavy (non-hydrogen) atoms. The van der Waals surface area contributed by atoms with Gasteiger partial charge in [-0.05, 0) is 48.4 Å². The van der Waals surface area contributed by atoms with Crippen LogP contribution in [-0.2, 0) is 6.54 Å². The lowest BCUT2D eigenvalue weighted by Crippen LogP contribution is -2.23. The summed E-state index contributed by atoms with van der Waals surface area (Å²) in [4.78, 5) is 12.1. The van der Waals surface area contributed by atoms with Crippen molar-refractivity contribution in [3.05, 3.63) is 63.6 Å². The van der Waals surface area contributed by atoms with E-state index >= 15 is 0 Å². The van der Waals surface area contributed by atoms with Gasteiger partial charge in [0.15, 0.2) is 0 Å². The van der Waals surface area contributed by atoms with Gasteiger partial charge >= 0.3 is 0 Å². The van der Waals surface area contributed by atoms with Crippen molar-refractivity contribution in [2.45, 2.75) is 13.5 Å². The van der Waals surface area contributed by atoms with Crippen LogP contribution in [0.1, 0.15) is 21.5 Å². The van der Waals surface area contributed by atoms with Crippen LogP contribution in [0, 0.1) is 6.92 Å². The first-order valence-electron chi connectivity index (χ1n) is 5.95. The lowest BCUT2D eigenvalue weighted by Gasteiger charge is -2.08. The Morgan fingerprint density at radius 2 is 1.89 bits per heavy atom. The van der Waals surface area contributed by atoms with Crippen molar-refractivity contribution >= 4 is 27.5 Å². The molecule has 0 saturated heterocycles. The van der Waals surface area contributed by atoms with E-state index in [0.717, 1.165) is 21.3 Å². The monoisotopic (exact) mass is 318 g/mol. The predicted molar refractivity (Wildman–Crippen MR) is 80.9 cm³/mol. The maximum atomic E-state index is 12.1. The standard InChI is InChI=1S/C15H15BrN2O/c1-10-8-12(16)4-7-14(10)15(19)18-9-11-2-5-13(17)6-3-11/h2-8H,9,17H2,1H3,(H,18,19). The molecule has 0 bridgehead atoms. The zero-order valence-corrected chi connectivity index (χ0v) is 12.2. The molecule has 2 aromatic carbocycles. The molecule has 3 nitrogen and oxygen atoms in total. The van der Waals surface area contributed by atoms with E-state index in [1.807, 2.05) is 49.4 Å². The third-order valence-corrected chi connectivity index (χ3v) is 3.36. The molecule has 0 atom stereocenters. The summed E-state index contributed by atoms with van der Waals surface area (Å²) in [6, 6.07) is 13.1. The van der Waals surface area contributed by atoms with Gasteiger partial charge in [-0.3, -0.25) is 4.79 Å². The average Bonchev–Trinajstić information content (AvgIpc) is 2.37. The topological polar surface area (TPSA) is 55.1 Å². The van der Waals surface area contributed by atoms with Crippen LogP contribution in [0.5, 0.6) is 0 Å². The van der Waals surface area contributed by atoms with Gasteiger partial charge in [-0.15, -0.1) is 0 Å². The van der Waals surface area contributed by atoms with Crippen molar-refractivity contribution in [1.29, 1.82) is 0 Å². The Morgan fingerprint density at radius 1 is 1.21 bits per heavy atom. The Morgan fingerprint density at radius 3 is 2.53 bits per heavy atom. The number of benzene rings is 2. The van der Waals surface area contributed by atoms with E-state index in [1.165, 1.54) is 0 Å². The van der Waals surface area contributed by atoms with E-state index in [9.17, 15) is 4.79 Å². The van der Waals surface area contributed by atoms with E-state index in [-0.39, 0.29) is 5.91 Å². The van der Waals surface area contributed by atoms with E-state index in [0.29, 0.717) is 12.1 Å². The second kappa shape index (κ2) is 5.89. The highest BCUT2D eigenvalue weighted by Crippen LogP contribution is 2.16. The summed E-state index contributed by atoms with van der Waals surface area (Å²) in [5.74, 6) is -0.0678. The number of anilines is 1. The minimum absolute atomic E-state index is 0.0678. The van der Waals surface area contributed by atoms with Crippen LogP contribution in [-0.4, -0.2) is 5.91 Å². The van der Waals surface area contributed by atoms with Crippen LogP contribution in [0.4, 0.5) is 5.69 Å². The number of hydrogen-bond donors (Lipinski definition) is 2. The molecule has 0 aliphatic carbocycles. The Kier molecular flexibility index (Phi) is 4.22. The van der Waals surface area contributed by atoms with E-state index in [2.05, 4.69) is 21.2 Å². The van der Waals surface area contributed by atoms with E-state index in [1.54, 1.807) is 0 Å². The fourth-order valence-electron chi connectivity index (χ4n) is 1.79. The van der Waals surface area contributed by atoms with Crippen molar-refractivity contribution in [1.82, 2.24) is 5.32 Å². The SMILES string of the molecule is Cc1cc(Br)ccc1C(=O)NCc1ccc(N)cc1. The summed E-state index contributed by atoms with van der Waals surface area (Å²) in [5.41, 5.74) is 9.00. The van der Waals surface area contributed by atoms with Gasteiger partial charge in [-0.25, -0.2) is 0 Å². The first-order valence-corrected chi connectivity index (χ1v) is 6.74. The number of halogens is 1. The molecule has 1 amide bonds. The maximum Gasteiger partial charge on any atom is 0.251 e. The van der Waals surface area contributed by atoms with E-state index in [4.69, 9.17) is 5.73 Å². The van der Waals surface area contributed by atoms with Crippen molar-refractivity contribution in [3.63, 3.8) is 0 Å². The zero-order chi connectivity index (χ0) is 13.8. The number of carbonyl (C=O) groups is 1. The third kappa shape index (κ3) is 3.58. The molecule has 0 unspecified atom stereocenters.